The third-order valence-corrected chi connectivity index (χ3v) is 6.66. The smallest absolute Gasteiger partial charge is 0.228 e. The Morgan fingerprint density at radius 3 is 2.40 bits per heavy atom. The van der Waals surface area contributed by atoms with Crippen molar-refractivity contribution < 1.29 is 13.2 Å². The maximum Gasteiger partial charge on any atom is 0.228 e. The van der Waals surface area contributed by atoms with Crippen molar-refractivity contribution in [1.29, 1.82) is 0 Å². The largest absolute Gasteiger partial charge is 0.331 e. The Morgan fingerprint density at radius 2 is 1.84 bits per heavy atom. The second kappa shape index (κ2) is 6.67. The van der Waals surface area contributed by atoms with Crippen molar-refractivity contribution in [2.75, 3.05) is 5.32 Å². The molecule has 1 aliphatic carbocycles. The molecule has 1 aliphatic rings. The molecule has 134 valence electrons. The maximum atomic E-state index is 13.2. The van der Waals surface area contributed by atoms with Crippen molar-refractivity contribution >= 4 is 21.6 Å². The van der Waals surface area contributed by atoms with Crippen molar-refractivity contribution in [3.8, 4) is 0 Å². The lowest BCUT2D eigenvalue weighted by Crippen LogP contribution is -2.19. The van der Waals surface area contributed by atoms with Crippen molar-refractivity contribution in [3.05, 3.63) is 41.6 Å². The first-order valence-corrected chi connectivity index (χ1v) is 10.2. The fourth-order valence-corrected chi connectivity index (χ4v) is 4.79. The topological polar surface area (TPSA) is 68.2 Å². The van der Waals surface area contributed by atoms with Crippen LogP contribution in [0.15, 0.2) is 40.1 Å². The molecule has 1 amide bonds. The van der Waals surface area contributed by atoms with E-state index >= 15 is 0 Å². The molecule has 2 aromatic rings. The molecule has 1 fully saturated rings. The Kier molecular flexibility index (Phi) is 4.73. The summed E-state index contributed by atoms with van der Waals surface area (Å²) < 4.78 is 28.4. The van der Waals surface area contributed by atoms with E-state index in [-0.39, 0.29) is 21.6 Å². The van der Waals surface area contributed by atoms with Crippen LogP contribution >= 0.6 is 0 Å². The summed E-state index contributed by atoms with van der Waals surface area (Å²) in [5, 5.41) is 2.91. The highest BCUT2D eigenvalue weighted by molar-refractivity contribution is 7.91. The summed E-state index contributed by atoms with van der Waals surface area (Å²) in [6, 6.07) is 8.39. The Bertz CT molecular complexity index is 894. The van der Waals surface area contributed by atoms with Crippen LogP contribution in [-0.2, 0) is 21.2 Å². The first-order valence-electron chi connectivity index (χ1n) is 8.68. The summed E-state index contributed by atoms with van der Waals surface area (Å²) in [6.45, 7) is 6.41. The number of aromatic nitrogens is 1. The molecule has 1 N–H and O–H groups in total. The van der Waals surface area contributed by atoms with Crippen LogP contribution in [0.3, 0.4) is 0 Å². The summed E-state index contributed by atoms with van der Waals surface area (Å²) >= 11 is 0. The van der Waals surface area contributed by atoms with Gasteiger partial charge in [0.05, 0.1) is 4.90 Å². The molecule has 1 aromatic heterocycles. The highest BCUT2D eigenvalue weighted by Gasteiger charge is 2.34. The Morgan fingerprint density at radius 1 is 1.20 bits per heavy atom. The number of amides is 1. The number of rotatable bonds is 6. The van der Waals surface area contributed by atoms with E-state index in [1.165, 1.54) is 0 Å². The molecule has 6 heteroatoms. The highest BCUT2D eigenvalue weighted by atomic mass is 32.2. The average Bonchev–Trinajstić information content (AvgIpc) is 3.41. The van der Waals surface area contributed by atoms with Gasteiger partial charge in [0.25, 0.3) is 0 Å². The Balaban J connectivity index is 2.17. The minimum atomic E-state index is -3.71. The fraction of sp³-hybridized carbons (Fsp3) is 0.421. The molecule has 1 heterocycles. The first kappa shape index (κ1) is 17.7. The zero-order chi connectivity index (χ0) is 18.2. The van der Waals surface area contributed by atoms with Gasteiger partial charge < -0.3 is 9.88 Å². The molecule has 5 nitrogen and oxygen atoms in total. The van der Waals surface area contributed by atoms with Gasteiger partial charge >= 0.3 is 0 Å². The van der Waals surface area contributed by atoms with Crippen LogP contribution in [0.5, 0.6) is 0 Å². The van der Waals surface area contributed by atoms with Gasteiger partial charge in [0.15, 0.2) is 0 Å². The zero-order valence-electron chi connectivity index (χ0n) is 14.9. The van der Waals surface area contributed by atoms with E-state index in [2.05, 4.69) is 5.32 Å². The lowest BCUT2D eigenvalue weighted by molar-refractivity contribution is -0.117. The zero-order valence-corrected chi connectivity index (χ0v) is 15.7. The van der Waals surface area contributed by atoms with E-state index in [1.54, 1.807) is 30.3 Å². The molecule has 0 bridgehead atoms. The molecular formula is C19H24N2O3S. The summed E-state index contributed by atoms with van der Waals surface area (Å²) in [7, 11) is -3.71. The SMILES string of the molecule is CCCn1c(C)c(C)c(S(=O)(=O)c2ccccc2)c1NC(=O)C1CC1. The fourth-order valence-electron chi connectivity index (χ4n) is 3.07. The number of hydrogen-bond donors (Lipinski definition) is 1. The molecule has 25 heavy (non-hydrogen) atoms. The molecule has 1 aromatic carbocycles. The van der Waals surface area contributed by atoms with Gasteiger partial charge in [0.1, 0.15) is 10.7 Å². The van der Waals surface area contributed by atoms with Crippen LogP contribution in [0.4, 0.5) is 5.82 Å². The average molecular weight is 360 g/mol. The highest BCUT2D eigenvalue weighted by Crippen LogP contribution is 2.37. The van der Waals surface area contributed by atoms with Crippen molar-refractivity contribution in [3.63, 3.8) is 0 Å². The predicted molar refractivity (Wildman–Crippen MR) is 97.4 cm³/mol. The van der Waals surface area contributed by atoms with E-state index in [4.69, 9.17) is 0 Å². The molecule has 0 radical (unpaired) electrons. The summed E-state index contributed by atoms with van der Waals surface area (Å²) in [6.07, 6.45) is 2.60. The van der Waals surface area contributed by atoms with Gasteiger partial charge in [-0.2, -0.15) is 0 Å². The van der Waals surface area contributed by atoms with E-state index in [9.17, 15) is 13.2 Å². The maximum absolute atomic E-state index is 13.2. The number of hydrogen-bond acceptors (Lipinski definition) is 3. The number of carbonyl (C=O) groups excluding carboxylic acids is 1. The number of benzene rings is 1. The molecule has 0 atom stereocenters. The molecule has 1 saturated carbocycles. The van der Waals surface area contributed by atoms with Crippen molar-refractivity contribution in [2.24, 2.45) is 5.92 Å². The second-order valence-electron chi connectivity index (χ2n) is 6.62. The van der Waals surface area contributed by atoms with Crippen LogP contribution in [-0.4, -0.2) is 18.9 Å². The molecular weight excluding hydrogens is 336 g/mol. The van der Waals surface area contributed by atoms with Gasteiger partial charge in [0.2, 0.25) is 15.7 Å². The number of sulfone groups is 1. The molecule has 0 aliphatic heterocycles. The minimum absolute atomic E-state index is 0.0119. The van der Waals surface area contributed by atoms with E-state index in [1.807, 2.05) is 25.3 Å². The minimum Gasteiger partial charge on any atom is -0.331 e. The molecule has 3 rings (SSSR count). The first-order chi connectivity index (χ1) is 11.9. The van der Waals surface area contributed by atoms with Gasteiger partial charge in [-0.1, -0.05) is 25.1 Å². The quantitative estimate of drug-likeness (QED) is 0.854. The van der Waals surface area contributed by atoms with Gasteiger partial charge in [0, 0.05) is 18.2 Å². The standard InChI is InChI=1S/C19H24N2O3S/c1-4-12-21-14(3)13(2)17(18(21)20-19(22)15-10-11-15)25(23,24)16-8-6-5-7-9-16/h5-9,15H,4,10-12H2,1-3H3,(H,20,22). The third-order valence-electron chi connectivity index (χ3n) is 4.73. The van der Waals surface area contributed by atoms with Gasteiger partial charge in [-0.3, -0.25) is 4.79 Å². The van der Waals surface area contributed by atoms with E-state index in [0.717, 1.165) is 25.0 Å². The molecule has 0 spiro atoms. The predicted octanol–water partition coefficient (Wildman–Crippen LogP) is 3.70. The van der Waals surface area contributed by atoms with E-state index < -0.39 is 9.84 Å². The number of nitrogens with zero attached hydrogens (tertiary/aromatic N) is 1. The van der Waals surface area contributed by atoms with Crippen LogP contribution < -0.4 is 5.32 Å². The molecule has 0 saturated heterocycles. The second-order valence-corrected chi connectivity index (χ2v) is 8.51. The number of nitrogens with one attached hydrogen (secondary N) is 1. The van der Waals surface area contributed by atoms with Crippen LogP contribution in [0.1, 0.15) is 37.4 Å². The lowest BCUT2D eigenvalue weighted by Gasteiger charge is -2.13. The lowest BCUT2D eigenvalue weighted by atomic mass is 10.3. The van der Waals surface area contributed by atoms with E-state index in [0.29, 0.717) is 17.9 Å². The Labute approximate surface area is 149 Å². The number of carbonyl (C=O) groups is 1. The molecule has 0 unspecified atom stereocenters. The van der Waals surface area contributed by atoms with Gasteiger partial charge in [-0.05, 0) is 50.8 Å². The summed E-state index contributed by atoms with van der Waals surface area (Å²) in [4.78, 5) is 12.8. The number of anilines is 1. The van der Waals surface area contributed by atoms with Gasteiger partial charge in [-0.15, -0.1) is 0 Å². The summed E-state index contributed by atoms with van der Waals surface area (Å²) in [5.41, 5.74) is 1.57. The van der Waals surface area contributed by atoms with Crippen LogP contribution in [0, 0.1) is 19.8 Å². The van der Waals surface area contributed by atoms with Crippen molar-refractivity contribution in [2.45, 2.75) is 56.4 Å². The Hall–Kier alpha value is -2.08. The summed E-state index contributed by atoms with van der Waals surface area (Å²) in [5.74, 6) is 0.342. The van der Waals surface area contributed by atoms with Gasteiger partial charge in [-0.25, -0.2) is 8.42 Å². The monoisotopic (exact) mass is 360 g/mol. The van der Waals surface area contributed by atoms with Crippen LogP contribution in [0.25, 0.3) is 0 Å². The third kappa shape index (κ3) is 3.23. The van der Waals surface area contributed by atoms with Crippen LogP contribution in [0.2, 0.25) is 0 Å². The van der Waals surface area contributed by atoms with Crippen molar-refractivity contribution in [1.82, 2.24) is 4.57 Å². The normalized spacial score (nSPS) is 14.5.